The van der Waals surface area contributed by atoms with Gasteiger partial charge >= 0.3 is 5.97 Å². The lowest BCUT2D eigenvalue weighted by Gasteiger charge is -2.44. The zero-order valence-electron chi connectivity index (χ0n) is 11.3. The molecule has 4 bridgehead atoms. The van der Waals surface area contributed by atoms with Crippen molar-refractivity contribution in [1.82, 2.24) is 0 Å². The van der Waals surface area contributed by atoms with E-state index in [2.05, 4.69) is 12.2 Å². The lowest BCUT2D eigenvalue weighted by Crippen LogP contribution is -2.48. The lowest BCUT2D eigenvalue weighted by atomic mass is 9.58. The lowest BCUT2D eigenvalue weighted by molar-refractivity contribution is -0.159. The smallest absolute Gasteiger partial charge is 0.310 e. The van der Waals surface area contributed by atoms with Crippen molar-refractivity contribution >= 4 is 29.2 Å². The molecule has 0 aromatic heterocycles. The summed E-state index contributed by atoms with van der Waals surface area (Å²) in [4.78, 5) is 11.8. The fraction of sp³-hybridized carbons (Fsp3) is 0.812. The molecular weight excluding hydrogens is 295 g/mol. The number of allylic oxidation sites excluding steroid dienone is 2. The van der Waals surface area contributed by atoms with E-state index in [-0.39, 0.29) is 4.84 Å². The van der Waals surface area contributed by atoms with Gasteiger partial charge in [-0.05, 0) is 67.6 Å². The third-order valence-electron chi connectivity index (χ3n) is 6.76. The van der Waals surface area contributed by atoms with Crippen LogP contribution in [0.1, 0.15) is 32.1 Å². The van der Waals surface area contributed by atoms with E-state index in [0.29, 0.717) is 35.5 Å². The van der Waals surface area contributed by atoms with E-state index in [0.717, 1.165) is 32.1 Å². The Morgan fingerprint density at radius 2 is 2.10 bits per heavy atom. The first-order valence-corrected chi connectivity index (χ1v) is 8.62. The largest absolute Gasteiger partial charge is 0.481 e. The summed E-state index contributed by atoms with van der Waals surface area (Å²) in [6.45, 7) is 0. The number of halogens is 2. The van der Waals surface area contributed by atoms with Crippen molar-refractivity contribution in [3.8, 4) is 0 Å². The standard InChI is InChI=1S/C16H20Cl2O2/c17-13(18)4-2-8-5-11-7-12(8)14-9-1-3-10(6-9)16(11,14)15(19)20/h1,3,8-14H,2,4-7H2,(H,19,20). The molecule has 0 radical (unpaired) electrons. The van der Waals surface area contributed by atoms with Gasteiger partial charge in [0.05, 0.1) is 5.41 Å². The van der Waals surface area contributed by atoms with Crippen LogP contribution in [0.5, 0.6) is 0 Å². The van der Waals surface area contributed by atoms with Gasteiger partial charge in [-0.1, -0.05) is 12.2 Å². The third kappa shape index (κ3) is 1.50. The first-order chi connectivity index (χ1) is 9.55. The highest BCUT2D eigenvalue weighted by atomic mass is 35.5. The molecule has 0 spiro atoms. The average molecular weight is 315 g/mol. The Morgan fingerprint density at radius 1 is 1.30 bits per heavy atom. The van der Waals surface area contributed by atoms with Crippen molar-refractivity contribution in [1.29, 1.82) is 0 Å². The van der Waals surface area contributed by atoms with Gasteiger partial charge in [-0.2, -0.15) is 0 Å². The minimum absolute atomic E-state index is 0.279. The van der Waals surface area contributed by atoms with E-state index in [1.165, 1.54) is 0 Å². The van der Waals surface area contributed by atoms with Gasteiger partial charge in [0.1, 0.15) is 4.84 Å². The summed E-state index contributed by atoms with van der Waals surface area (Å²) in [5.74, 6) is 2.26. The Balaban J connectivity index is 1.62. The van der Waals surface area contributed by atoms with Crippen LogP contribution in [0, 0.1) is 40.9 Å². The van der Waals surface area contributed by atoms with Gasteiger partial charge < -0.3 is 5.11 Å². The van der Waals surface area contributed by atoms with E-state index in [1.807, 2.05) is 0 Å². The second-order valence-electron chi connectivity index (χ2n) is 7.22. The maximum absolute atomic E-state index is 12.1. The molecule has 3 saturated carbocycles. The Labute approximate surface area is 129 Å². The molecule has 0 aromatic carbocycles. The third-order valence-corrected chi connectivity index (χ3v) is 7.19. The summed E-state index contributed by atoms with van der Waals surface area (Å²) in [5, 5.41) is 9.95. The maximum atomic E-state index is 12.1. The number of alkyl halides is 2. The molecule has 2 nitrogen and oxygen atoms in total. The van der Waals surface area contributed by atoms with Crippen molar-refractivity contribution in [2.24, 2.45) is 40.9 Å². The molecule has 110 valence electrons. The summed E-state index contributed by atoms with van der Waals surface area (Å²) in [6.07, 6.45) is 9.65. The summed E-state index contributed by atoms with van der Waals surface area (Å²) in [7, 11) is 0. The first-order valence-electron chi connectivity index (χ1n) is 7.75. The number of aliphatic carboxylic acids is 1. The highest BCUT2D eigenvalue weighted by Gasteiger charge is 2.73. The highest BCUT2D eigenvalue weighted by Crippen LogP contribution is 2.74. The maximum Gasteiger partial charge on any atom is 0.310 e. The van der Waals surface area contributed by atoms with Crippen LogP contribution in [-0.2, 0) is 4.79 Å². The van der Waals surface area contributed by atoms with Crippen molar-refractivity contribution in [2.45, 2.75) is 36.9 Å². The molecule has 0 saturated heterocycles. The number of carbonyl (C=O) groups is 1. The van der Waals surface area contributed by atoms with Crippen LogP contribution in [0.4, 0.5) is 0 Å². The van der Waals surface area contributed by atoms with E-state index >= 15 is 0 Å². The first kappa shape index (κ1) is 13.5. The molecule has 0 aliphatic heterocycles. The molecule has 4 aliphatic carbocycles. The average Bonchev–Trinajstić information content (AvgIpc) is 3.12. The minimum atomic E-state index is -0.530. The molecule has 1 N–H and O–H groups in total. The molecule has 20 heavy (non-hydrogen) atoms. The number of hydrogen-bond acceptors (Lipinski definition) is 1. The molecule has 4 rings (SSSR count). The monoisotopic (exact) mass is 314 g/mol. The molecule has 0 aromatic rings. The Hall–Kier alpha value is -0.210. The second kappa shape index (κ2) is 4.39. The predicted molar refractivity (Wildman–Crippen MR) is 78.7 cm³/mol. The quantitative estimate of drug-likeness (QED) is 0.481. The van der Waals surface area contributed by atoms with Crippen LogP contribution in [0.15, 0.2) is 12.2 Å². The van der Waals surface area contributed by atoms with Gasteiger partial charge in [0.15, 0.2) is 0 Å². The van der Waals surface area contributed by atoms with Gasteiger partial charge in [-0.15, -0.1) is 23.2 Å². The Morgan fingerprint density at radius 3 is 2.80 bits per heavy atom. The fourth-order valence-corrected chi connectivity index (χ4v) is 6.58. The number of fused-ring (bicyclic) bond motifs is 9. The van der Waals surface area contributed by atoms with Crippen LogP contribution < -0.4 is 0 Å². The van der Waals surface area contributed by atoms with Crippen molar-refractivity contribution in [2.75, 3.05) is 0 Å². The summed E-state index contributed by atoms with van der Waals surface area (Å²) in [6, 6.07) is 0. The van der Waals surface area contributed by atoms with Gasteiger partial charge in [-0.3, -0.25) is 4.79 Å². The Kier molecular flexibility index (Phi) is 2.96. The van der Waals surface area contributed by atoms with Gasteiger partial charge in [-0.25, -0.2) is 0 Å². The molecule has 7 unspecified atom stereocenters. The number of carboxylic acid groups (broad SMARTS) is 1. The molecule has 0 heterocycles. The van der Waals surface area contributed by atoms with E-state index in [9.17, 15) is 9.90 Å². The van der Waals surface area contributed by atoms with E-state index in [4.69, 9.17) is 23.2 Å². The van der Waals surface area contributed by atoms with Crippen LogP contribution in [-0.4, -0.2) is 15.9 Å². The predicted octanol–water partition coefficient (Wildman–Crippen LogP) is 4.12. The molecule has 0 amide bonds. The van der Waals surface area contributed by atoms with Crippen molar-refractivity contribution in [3.63, 3.8) is 0 Å². The highest BCUT2D eigenvalue weighted by molar-refractivity contribution is 6.44. The van der Waals surface area contributed by atoms with E-state index in [1.54, 1.807) is 0 Å². The summed E-state index contributed by atoms with van der Waals surface area (Å²) < 4.78 is 0. The zero-order chi connectivity index (χ0) is 14.1. The summed E-state index contributed by atoms with van der Waals surface area (Å²) >= 11 is 11.7. The topological polar surface area (TPSA) is 37.3 Å². The van der Waals surface area contributed by atoms with Gasteiger partial charge in [0.2, 0.25) is 0 Å². The summed E-state index contributed by atoms with van der Waals surface area (Å²) in [5.41, 5.74) is -0.429. The Bertz CT molecular complexity index is 475. The minimum Gasteiger partial charge on any atom is -0.481 e. The number of rotatable bonds is 4. The van der Waals surface area contributed by atoms with Gasteiger partial charge in [0.25, 0.3) is 0 Å². The van der Waals surface area contributed by atoms with Crippen molar-refractivity contribution < 1.29 is 9.90 Å². The molecular formula is C16H20Cl2O2. The molecule has 4 aliphatic rings. The number of hydrogen-bond donors (Lipinski definition) is 1. The molecule has 7 atom stereocenters. The normalized spacial score (nSPS) is 51.1. The van der Waals surface area contributed by atoms with Crippen LogP contribution in [0.3, 0.4) is 0 Å². The van der Waals surface area contributed by atoms with Crippen LogP contribution >= 0.6 is 23.2 Å². The van der Waals surface area contributed by atoms with E-state index < -0.39 is 11.4 Å². The number of carboxylic acids is 1. The zero-order valence-corrected chi connectivity index (χ0v) is 12.9. The molecule has 4 heteroatoms. The van der Waals surface area contributed by atoms with Crippen LogP contribution in [0.2, 0.25) is 0 Å². The van der Waals surface area contributed by atoms with Crippen molar-refractivity contribution in [3.05, 3.63) is 12.2 Å². The SMILES string of the molecule is O=C(O)C12C3C=CC(C3)C1C1CC2CC1CCC(Cl)Cl. The van der Waals surface area contributed by atoms with Crippen LogP contribution in [0.25, 0.3) is 0 Å². The second-order valence-corrected chi connectivity index (χ2v) is 8.49. The fourth-order valence-electron chi connectivity index (χ4n) is 6.33. The van der Waals surface area contributed by atoms with Gasteiger partial charge in [0, 0.05) is 0 Å². The molecule has 3 fully saturated rings.